The average Bonchev–Trinajstić information content (AvgIpc) is 2.61. The van der Waals surface area contributed by atoms with Crippen LogP contribution in [0.1, 0.15) is 25.3 Å². The van der Waals surface area contributed by atoms with E-state index in [1.807, 2.05) is 6.92 Å². The summed E-state index contributed by atoms with van der Waals surface area (Å²) < 4.78 is 92.2. The minimum absolute atomic E-state index is 0.0872. The fourth-order valence-electron chi connectivity index (χ4n) is 2.25. The molecule has 0 aliphatic heterocycles. The summed E-state index contributed by atoms with van der Waals surface area (Å²) in [5.74, 6) is 0. The van der Waals surface area contributed by atoms with E-state index in [-0.39, 0.29) is 17.1 Å². The molecule has 0 amide bonds. The molecule has 0 heterocycles. The summed E-state index contributed by atoms with van der Waals surface area (Å²) in [5, 5.41) is 0. The second-order valence-electron chi connectivity index (χ2n) is 5.91. The van der Waals surface area contributed by atoms with Gasteiger partial charge < -0.3 is 0 Å². The molecular weight excluding hydrogens is 417 g/mol. The number of rotatable bonds is 8. The molecule has 0 atom stereocenters. The minimum atomic E-state index is -4.69. The van der Waals surface area contributed by atoms with Crippen LogP contribution in [0.15, 0.2) is 58.3 Å². The van der Waals surface area contributed by atoms with Crippen molar-refractivity contribution in [1.29, 1.82) is 0 Å². The number of halogens is 3. The Hall–Kier alpha value is -2.11. The molecule has 154 valence electrons. The number of unbranched alkanes of at least 4 members (excludes halogenated alkanes) is 1. The quantitative estimate of drug-likeness (QED) is 0.619. The van der Waals surface area contributed by atoms with Crippen molar-refractivity contribution in [1.82, 2.24) is 4.72 Å². The Kier molecular flexibility index (Phi) is 6.73. The number of anilines is 1. The first-order chi connectivity index (χ1) is 13.0. The summed E-state index contributed by atoms with van der Waals surface area (Å²) in [6.45, 7) is 2.14. The van der Waals surface area contributed by atoms with Gasteiger partial charge in [0.2, 0.25) is 10.0 Å². The van der Waals surface area contributed by atoms with E-state index in [2.05, 4.69) is 9.44 Å². The third kappa shape index (κ3) is 5.69. The molecule has 28 heavy (non-hydrogen) atoms. The third-order valence-electron chi connectivity index (χ3n) is 3.69. The highest BCUT2D eigenvalue weighted by molar-refractivity contribution is 7.92. The molecule has 2 rings (SSSR count). The van der Waals surface area contributed by atoms with Crippen molar-refractivity contribution in [3.8, 4) is 0 Å². The van der Waals surface area contributed by atoms with Gasteiger partial charge in [-0.1, -0.05) is 25.5 Å². The van der Waals surface area contributed by atoms with Crippen molar-refractivity contribution < 1.29 is 30.0 Å². The number of hydrogen-bond acceptors (Lipinski definition) is 4. The van der Waals surface area contributed by atoms with Crippen LogP contribution < -0.4 is 9.44 Å². The van der Waals surface area contributed by atoms with Gasteiger partial charge in [0.1, 0.15) is 0 Å². The summed E-state index contributed by atoms with van der Waals surface area (Å²) in [6, 6.07) is 8.29. The largest absolute Gasteiger partial charge is 0.416 e. The molecule has 0 bridgehead atoms. The topological polar surface area (TPSA) is 92.3 Å². The van der Waals surface area contributed by atoms with Gasteiger partial charge in [0.25, 0.3) is 10.0 Å². The number of alkyl halides is 3. The number of nitrogens with one attached hydrogen (secondary N) is 2. The monoisotopic (exact) mass is 436 g/mol. The summed E-state index contributed by atoms with van der Waals surface area (Å²) >= 11 is 0. The summed E-state index contributed by atoms with van der Waals surface area (Å²) in [5.41, 5.74) is -1.19. The van der Waals surface area contributed by atoms with Gasteiger partial charge >= 0.3 is 6.18 Å². The molecule has 2 aromatic carbocycles. The van der Waals surface area contributed by atoms with Gasteiger partial charge in [0.05, 0.1) is 21.0 Å². The maximum atomic E-state index is 12.8. The van der Waals surface area contributed by atoms with E-state index >= 15 is 0 Å². The Balaban J connectivity index is 2.28. The molecule has 6 nitrogen and oxygen atoms in total. The SMILES string of the molecule is CCCCNS(=O)(=O)c1cccc(NS(=O)(=O)c2cccc(C(F)(F)F)c2)c1. The Bertz CT molecular complexity index is 1040. The van der Waals surface area contributed by atoms with E-state index in [9.17, 15) is 30.0 Å². The summed E-state index contributed by atoms with van der Waals surface area (Å²) in [4.78, 5) is -0.746. The Morgan fingerprint density at radius 1 is 0.893 bits per heavy atom. The zero-order valence-electron chi connectivity index (χ0n) is 14.8. The van der Waals surface area contributed by atoms with Crippen molar-refractivity contribution in [2.75, 3.05) is 11.3 Å². The first-order valence-corrected chi connectivity index (χ1v) is 11.2. The Labute approximate surface area is 161 Å². The van der Waals surface area contributed by atoms with Crippen LogP contribution in [0, 0.1) is 0 Å². The van der Waals surface area contributed by atoms with Crippen molar-refractivity contribution in [3.05, 3.63) is 54.1 Å². The highest BCUT2D eigenvalue weighted by Crippen LogP contribution is 2.31. The molecule has 0 spiro atoms. The normalized spacial score (nSPS) is 12.7. The molecule has 2 aromatic rings. The standard InChI is InChI=1S/C17H19F3N2O4S2/c1-2-3-10-21-27(23,24)16-9-5-7-14(12-16)22-28(25,26)15-8-4-6-13(11-15)17(18,19)20/h4-9,11-12,21-22H,2-3,10H2,1H3. The molecule has 2 N–H and O–H groups in total. The third-order valence-corrected chi connectivity index (χ3v) is 6.53. The van der Waals surface area contributed by atoms with E-state index in [1.54, 1.807) is 0 Å². The molecule has 0 unspecified atom stereocenters. The van der Waals surface area contributed by atoms with E-state index in [4.69, 9.17) is 0 Å². The zero-order valence-corrected chi connectivity index (χ0v) is 16.5. The molecular formula is C17H19F3N2O4S2. The molecule has 0 saturated carbocycles. The lowest BCUT2D eigenvalue weighted by molar-refractivity contribution is -0.137. The fourth-order valence-corrected chi connectivity index (χ4v) is 4.46. The van der Waals surface area contributed by atoms with Crippen LogP contribution in [0.3, 0.4) is 0 Å². The van der Waals surface area contributed by atoms with Crippen molar-refractivity contribution in [3.63, 3.8) is 0 Å². The van der Waals surface area contributed by atoms with Gasteiger partial charge in [0, 0.05) is 6.54 Å². The van der Waals surface area contributed by atoms with Crippen LogP contribution >= 0.6 is 0 Å². The van der Waals surface area contributed by atoms with Crippen molar-refractivity contribution in [2.24, 2.45) is 0 Å². The number of sulfonamides is 2. The minimum Gasteiger partial charge on any atom is -0.280 e. The molecule has 0 aliphatic carbocycles. The highest BCUT2D eigenvalue weighted by atomic mass is 32.2. The van der Waals surface area contributed by atoms with Crippen LogP contribution in [-0.4, -0.2) is 23.4 Å². The van der Waals surface area contributed by atoms with Gasteiger partial charge in [-0.25, -0.2) is 21.6 Å². The van der Waals surface area contributed by atoms with Gasteiger partial charge in [-0.05, 0) is 42.8 Å². The van der Waals surface area contributed by atoms with Crippen molar-refractivity contribution in [2.45, 2.75) is 35.7 Å². The lowest BCUT2D eigenvalue weighted by Crippen LogP contribution is -2.24. The van der Waals surface area contributed by atoms with E-state index in [0.717, 1.165) is 30.7 Å². The first kappa shape index (κ1) is 22.2. The number of hydrogen-bond donors (Lipinski definition) is 2. The molecule has 0 saturated heterocycles. The van der Waals surface area contributed by atoms with E-state index in [1.165, 1.54) is 18.2 Å². The predicted octanol–water partition coefficient (Wildman–Crippen LogP) is 3.58. The lowest BCUT2D eigenvalue weighted by Gasteiger charge is -2.12. The molecule has 0 radical (unpaired) electrons. The predicted molar refractivity (Wildman–Crippen MR) is 98.8 cm³/mol. The average molecular weight is 436 g/mol. The van der Waals surface area contributed by atoms with Crippen LogP contribution in [0.2, 0.25) is 0 Å². The highest BCUT2D eigenvalue weighted by Gasteiger charge is 2.31. The Morgan fingerprint density at radius 2 is 1.50 bits per heavy atom. The maximum absolute atomic E-state index is 12.8. The van der Waals surface area contributed by atoms with Crippen LogP contribution in [0.5, 0.6) is 0 Å². The summed E-state index contributed by atoms with van der Waals surface area (Å²) in [6.07, 6.45) is -3.26. The van der Waals surface area contributed by atoms with E-state index < -0.39 is 36.7 Å². The maximum Gasteiger partial charge on any atom is 0.416 e. The van der Waals surface area contributed by atoms with Gasteiger partial charge in [-0.15, -0.1) is 0 Å². The molecule has 0 aliphatic rings. The van der Waals surface area contributed by atoms with Crippen LogP contribution in [-0.2, 0) is 26.2 Å². The second-order valence-corrected chi connectivity index (χ2v) is 9.36. The molecule has 0 aromatic heterocycles. The van der Waals surface area contributed by atoms with Gasteiger partial charge in [0.15, 0.2) is 0 Å². The van der Waals surface area contributed by atoms with E-state index in [0.29, 0.717) is 12.5 Å². The van der Waals surface area contributed by atoms with Crippen LogP contribution in [0.4, 0.5) is 18.9 Å². The number of benzene rings is 2. The second kappa shape index (κ2) is 8.50. The Morgan fingerprint density at radius 3 is 2.11 bits per heavy atom. The first-order valence-electron chi connectivity index (χ1n) is 8.25. The van der Waals surface area contributed by atoms with Crippen LogP contribution in [0.25, 0.3) is 0 Å². The fraction of sp³-hybridized carbons (Fsp3) is 0.294. The van der Waals surface area contributed by atoms with Crippen molar-refractivity contribution >= 4 is 25.7 Å². The van der Waals surface area contributed by atoms with Gasteiger partial charge in [-0.2, -0.15) is 13.2 Å². The lowest BCUT2D eigenvalue weighted by atomic mass is 10.2. The van der Waals surface area contributed by atoms with Gasteiger partial charge in [-0.3, -0.25) is 4.72 Å². The summed E-state index contributed by atoms with van der Waals surface area (Å²) in [7, 11) is -8.18. The zero-order chi connectivity index (χ0) is 21.0. The molecule has 11 heteroatoms. The molecule has 0 fully saturated rings. The smallest absolute Gasteiger partial charge is 0.280 e.